The van der Waals surface area contributed by atoms with Crippen molar-refractivity contribution in [2.24, 2.45) is 10.2 Å². The molecule has 0 bridgehead atoms. The number of carboxylic acid groups (broad SMARTS) is 1. The van der Waals surface area contributed by atoms with Crippen LogP contribution in [-0.4, -0.2) is 41.1 Å². The maximum Gasteiger partial charge on any atom is 0.349 e. The number of azo groups is 1. The molecule has 10 nitrogen and oxygen atoms in total. The van der Waals surface area contributed by atoms with Gasteiger partial charge in [0.15, 0.2) is 0 Å². The Hall–Kier alpha value is -5.64. The number of carboxylic acids is 1. The molecule has 43 heavy (non-hydrogen) atoms. The molecule has 0 saturated carbocycles. The molecular weight excluding hydrogens is 550 g/mol. The van der Waals surface area contributed by atoms with Crippen LogP contribution >= 0.6 is 0 Å². The van der Waals surface area contributed by atoms with Crippen LogP contribution in [0.4, 0.5) is 17.1 Å². The van der Waals surface area contributed by atoms with Crippen LogP contribution in [0.3, 0.4) is 0 Å². The molecule has 1 amide bonds. The molecule has 0 radical (unpaired) electrons. The van der Waals surface area contributed by atoms with Crippen LogP contribution in [-0.2, 0) is 19.1 Å². The van der Waals surface area contributed by atoms with Crippen molar-refractivity contribution in [2.75, 3.05) is 5.32 Å². The lowest BCUT2D eigenvalue weighted by Gasteiger charge is -2.23. The average molecular weight is 580 g/mol. The number of hydrogen-bond donors (Lipinski definition) is 2. The van der Waals surface area contributed by atoms with E-state index in [1.165, 1.54) is 36.4 Å². The van der Waals surface area contributed by atoms with Crippen LogP contribution in [0.2, 0.25) is 0 Å². The predicted molar refractivity (Wildman–Crippen MR) is 159 cm³/mol. The van der Waals surface area contributed by atoms with Crippen molar-refractivity contribution in [2.45, 2.75) is 33.0 Å². The van der Waals surface area contributed by atoms with Crippen LogP contribution in [0.5, 0.6) is 0 Å². The lowest BCUT2D eigenvalue weighted by atomic mass is 10.1. The molecule has 10 heteroatoms. The second-order valence-electron chi connectivity index (χ2n) is 9.79. The summed E-state index contributed by atoms with van der Waals surface area (Å²) in [6, 6.07) is 26.2. The Bertz CT molecular complexity index is 1630. The van der Waals surface area contributed by atoms with Crippen molar-refractivity contribution in [3.8, 4) is 0 Å². The standard InChI is InChI=1S/C33H29N3O7/c1-20-4-10-23(11-5-20)32(40)42-28(29(31(38)39)43-33(41)24-12-6-21(2)7-13-24)30(37)34-25-16-18-27(19-17-25)36-35-26-14-8-22(3)9-15-26/h4-19,28-29H,1-3H3,(H,34,37)(H,38,39)/t28-,29-/m1/s1. The Kier molecular flexibility index (Phi) is 9.74. The lowest BCUT2D eigenvalue weighted by Crippen LogP contribution is -2.48. The fourth-order valence-corrected chi connectivity index (χ4v) is 3.79. The number of esters is 2. The highest BCUT2D eigenvalue weighted by molar-refractivity contribution is 6.01. The van der Waals surface area contributed by atoms with E-state index in [4.69, 9.17) is 9.47 Å². The van der Waals surface area contributed by atoms with Gasteiger partial charge in [-0.1, -0.05) is 53.1 Å². The number of nitrogens with zero attached hydrogens (tertiary/aromatic N) is 2. The highest BCUT2D eigenvalue weighted by atomic mass is 16.6. The third-order valence-electron chi connectivity index (χ3n) is 6.27. The number of aryl methyl sites for hydroxylation is 3. The second-order valence-corrected chi connectivity index (χ2v) is 9.79. The Morgan fingerprint density at radius 2 is 0.953 bits per heavy atom. The number of carbonyl (C=O) groups is 4. The molecule has 0 aliphatic rings. The summed E-state index contributed by atoms with van der Waals surface area (Å²) in [5.41, 5.74) is 4.41. The van der Waals surface area contributed by atoms with E-state index in [9.17, 15) is 24.3 Å². The van der Waals surface area contributed by atoms with E-state index in [1.54, 1.807) is 36.4 Å². The van der Waals surface area contributed by atoms with Gasteiger partial charge in [0.1, 0.15) is 0 Å². The molecule has 0 fully saturated rings. The molecule has 0 heterocycles. The Labute approximate surface area is 248 Å². The number of amides is 1. The van der Waals surface area contributed by atoms with Gasteiger partial charge < -0.3 is 19.9 Å². The van der Waals surface area contributed by atoms with Gasteiger partial charge in [0.05, 0.1) is 22.5 Å². The molecule has 0 aromatic heterocycles. The van der Waals surface area contributed by atoms with Crippen LogP contribution in [0.15, 0.2) is 107 Å². The zero-order chi connectivity index (χ0) is 30.9. The highest BCUT2D eigenvalue weighted by Crippen LogP contribution is 2.22. The first-order valence-electron chi connectivity index (χ1n) is 13.3. The second kappa shape index (κ2) is 13.8. The van der Waals surface area contributed by atoms with E-state index in [1.807, 2.05) is 45.0 Å². The van der Waals surface area contributed by atoms with Crippen molar-refractivity contribution < 1.29 is 33.8 Å². The van der Waals surface area contributed by atoms with Gasteiger partial charge >= 0.3 is 17.9 Å². The predicted octanol–water partition coefficient (Wildman–Crippen LogP) is 6.50. The van der Waals surface area contributed by atoms with Gasteiger partial charge in [-0.25, -0.2) is 14.4 Å². The number of rotatable bonds is 10. The Morgan fingerprint density at radius 3 is 1.37 bits per heavy atom. The summed E-state index contributed by atoms with van der Waals surface area (Å²) in [5, 5.41) is 20.8. The molecule has 4 rings (SSSR count). The Morgan fingerprint density at radius 1 is 0.581 bits per heavy atom. The molecule has 0 aliphatic heterocycles. The topological polar surface area (TPSA) is 144 Å². The number of benzene rings is 4. The maximum atomic E-state index is 13.4. The molecule has 0 unspecified atom stereocenters. The van der Waals surface area contributed by atoms with Crippen LogP contribution in [0, 0.1) is 20.8 Å². The normalized spacial score (nSPS) is 12.3. The van der Waals surface area contributed by atoms with Crippen LogP contribution in [0.25, 0.3) is 0 Å². The van der Waals surface area contributed by atoms with E-state index in [-0.39, 0.29) is 16.8 Å². The number of ether oxygens (including phenoxy) is 2. The van der Waals surface area contributed by atoms with Crippen LogP contribution < -0.4 is 5.32 Å². The van der Waals surface area contributed by atoms with Crippen molar-refractivity contribution in [3.63, 3.8) is 0 Å². The summed E-state index contributed by atoms with van der Waals surface area (Å²) in [4.78, 5) is 51.4. The highest BCUT2D eigenvalue weighted by Gasteiger charge is 2.41. The third kappa shape index (κ3) is 8.43. The molecule has 0 spiro atoms. The summed E-state index contributed by atoms with van der Waals surface area (Å²) in [6.07, 6.45) is -4.17. The number of aliphatic carboxylic acids is 1. The lowest BCUT2D eigenvalue weighted by molar-refractivity contribution is -0.157. The summed E-state index contributed by atoms with van der Waals surface area (Å²) in [6.45, 7) is 5.61. The summed E-state index contributed by atoms with van der Waals surface area (Å²) in [7, 11) is 0. The number of nitrogens with one attached hydrogen (secondary N) is 1. The van der Waals surface area contributed by atoms with E-state index in [0.717, 1.165) is 16.7 Å². The molecule has 0 saturated heterocycles. The first-order valence-corrected chi connectivity index (χ1v) is 13.3. The van der Waals surface area contributed by atoms with Crippen LogP contribution in [0.1, 0.15) is 37.4 Å². The smallest absolute Gasteiger partial charge is 0.349 e. The van der Waals surface area contributed by atoms with E-state index in [0.29, 0.717) is 11.4 Å². The van der Waals surface area contributed by atoms with Crippen molar-refractivity contribution in [3.05, 3.63) is 125 Å². The number of anilines is 1. The van der Waals surface area contributed by atoms with Gasteiger partial charge in [-0.2, -0.15) is 10.2 Å². The summed E-state index contributed by atoms with van der Waals surface area (Å²) in [5.74, 6) is -4.66. The monoisotopic (exact) mass is 579 g/mol. The molecule has 4 aromatic carbocycles. The SMILES string of the molecule is Cc1ccc(N=Nc2ccc(NC(=O)[C@H](OC(=O)c3ccc(C)cc3)[C@@H](OC(=O)c3ccc(C)cc3)C(=O)O)cc2)cc1. The fraction of sp³-hybridized carbons (Fsp3) is 0.152. The van der Waals surface area contributed by atoms with Gasteiger partial charge in [-0.05, 0) is 81.4 Å². The van der Waals surface area contributed by atoms with Crippen molar-refractivity contribution in [1.29, 1.82) is 0 Å². The molecule has 0 aliphatic carbocycles. The van der Waals surface area contributed by atoms with Gasteiger partial charge in [0, 0.05) is 5.69 Å². The molecular formula is C33H29N3O7. The largest absolute Gasteiger partial charge is 0.478 e. The third-order valence-corrected chi connectivity index (χ3v) is 6.27. The first-order chi connectivity index (χ1) is 20.6. The van der Waals surface area contributed by atoms with Gasteiger partial charge in [-0.15, -0.1) is 0 Å². The van der Waals surface area contributed by atoms with E-state index >= 15 is 0 Å². The van der Waals surface area contributed by atoms with E-state index in [2.05, 4.69) is 15.5 Å². The maximum absolute atomic E-state index is 13.4. The summed E-state index contributed by atoms with van der Waals surface area (Å²) >= 11 is 0. The molecule has 2 atom stereocenters. The first kappa shape index (κ1) is 30.3. The molecule has 4 aromatic rings. The zero-order valence-corrected chi connectivity index (χ0v) is 23.7. The fourth-order valence-electron chi connectivity index (χ4n) is 3.79. The number of carbonyl (C=O) groups excluding carboxylic acids is 3. The molecule has 2 N–H and O–H groups in total. The van der Waals surface area contributed by atoms with Gasteiger partial charge in [0.25, 0.3) is 5.91 Å². The molecule has 218 valence electrons. The van der Waals surface area contributed by atoms with E-state index < -0.39 is 36.0 Å². The van der Waals surface area contributed by atoms with Crippen molar-refractivity contribution >= 4 is 40.9 Å². The minimum absolute atomic E-state index is 0.0660. The minimum atomic E-state index is -2.15. The van der Waals surface area contributed by atoms with Gasteiger partial charge in [0.2, 0.25) is 12.2 Å². The Balaban J connectivity index is 1.55. The quantitative estimate of drug-likeness (QED) is 0.161. The van der Waals surface area contributed by atoms with Crippen molar-refractivity contribution in [1.82, 2.24) is 0 Å². The zero-order valence-electron chi connectivity index (χ0n) is 23.7. The minimum Gasteiger partial charge on any atom is -0.478 e. The average Bonchev–Trinajstić information content (AvgIpc) is 2.99. The van der Waals surface area contributed by atoms with Gasteiger partial charge in [-0.3, -0.25) is 4.79 Å². The summed E-state index contributed by atoms with van der Waals surface area (Å²) < 4.78 is 10.6. The number of hydrogen-bond acceptors (Lipinski definition) is 8.